The van der Waals surface area contributed by atoms with Crippen molar-refractivity contribution in [1.82, 2.24) is 4.98 Å². The Morgan fingerprint density at radius 2 is 1.84 bits per heavy atom. The first-order valence-electron chi connectivity index (χ1n) is 9.26. The monoisotopic (exact) mass is 419 g/mol. The Bertz CT molecular complexity index is 1150. The minimum atomic E-state index is -0.939. The SMILES string of the molecule is Nc1ccc2c(n1)N(CC(=O)Nc1ccc([N+](=O)[O-])cc1)C(=O)C(c1ccccc1)O2. The summed E-state index contributed by atoms with van der Waals surface area (Å²) in [4.78, 5) is 41.4. The van der Waals surface area contributed by atoms with E-state index in [-0.39, 0.29) is 23.9 Å². The molecule has 1 aliphatic heterocycles. The number of anilines is 3. The number of amides is 2. The number of carbonyl (C=O) groups is 2. The summed E-state index contributed by atoms with van der Waals surface area (Å²) in [6.07, 6.45) is -0.939. The average molecular weight is 419 g/mol. The molecule has 156 valence electrons. The van der Waals surface area contributed by atoms with Gasteiger partial charge in [0.15, 0.2) is 11.6 Å². The third-order valence-corrected chi connectivity index (χ3v) is 4.62. The quantitative estimate of drug-likeness (QED) is 0.478. The van der Waals surface area contributed by atoms with Crippen LogP contribution in [0.2, 0.25) is 0 Å². The van der Waals surface area contributed by atoms with Gasteiger partial charge in [-0.05, 0) is 24.3 Å². The van der Waals surface area contributed by atoms with E-state index in [9.17, 15) is 19.7 Å². The molecule has 1 aromatic heterocycles. The summed E-state index contributed by atoms with van der Waals surface area (Å²) in [6.45, 7) is -0.341. The molecule has 2 aromatic carbocycles. The zero-order valence-corrected chi connectivity index (χ0v) is 16.1. The second-order valence-corrected chi connectivity index (χ2v) is 6.74. The van der Waals surface area contributed by atoms with E-state index in [1.165, 1.54) is 29.2 Å². The molecule has 1 aliphatic rings. The van der Waals surface area contributed by atoms with E-state index in [1.54, 1.807) is 36.4 Å². The molecule has 31 heavy (non-hydrogen) atoms. The molecule has 0 spiro atoms. The van der Waals surface area contributed by atoms with Crippen molar-refractivity contribution in [2.75, 3.05) is 22.5 Å². The molecule has 1 unspecified atom stereocenters. The number of hydrogen-bond acceptors (Lipinski definition) is 7. The van der Waals surface area contributed by atoms with Gasteiger partial charge in [0.1, 0.15) is 12.4 Å². The van der Waals surface area contributed by atoms with Gasteiger partial charge >= 0.3 is 0 Å². The van der Waals surface area contributed by atoms with E-state index in [0.29, 0.717) is 17.0 Å². The Morgan fingerprint density at radius 1 is 1.13 bits per heavy atom. The molecule has 0 saturated carbocycles. The highest BCUT2D eigenvalue weighted by Gasteiger charge is 2.37. The number of ether oxygens (including phenoxy) is 1. The van der Waals surface area contributed by atoms with Gasteiger partial charge in [-0.3, -0.25) is 24.6 Å². The molecule has 0 aliphatic carbocycles. The van der Waals surface area contributed by atoms with Crippen LogP contribution in [0.15, 0.2) is 66.7 Å². The second-order valence-electron chi connectivity index (χ2n) is 6.74. The topological polar surface area (TPSA) is 141 Å². The van der Waals surface area contributed by atoms with Gasteiger partial charge in [0, 0.05) is 23.4 Å². The van der Waals surface area contributed by atoms with Crippen molar-refractivity contribution < 1.29 is 19.2 Å². The van der Waals surface area contributed by atoms with E-state index < -0.39 is 22.8 Å². The third-order valence-electron chi connectivity index (χ3n) is 4.62. The van der Waals surface area contributed by atoms with Crippen LogP contribution in [-0.4, -0.2) is 28.3 Å². The molecule has 2 amide bonds. The number of rotatable bonds is 5. The largest absolute Gasteiger partial charge is 0.472 e. The van der Waals surface area contributed by atoms with Crippen molar-refractivity contribution >= 4 is 34.8 Å². The van der Waals surface area contributed by atoms with Gasteiger partial charge in [0.2, 0.25) is 12.0 Å². The zero-order valence-electron chi connectivity index (χ0n) is 16.1. The predicted molar refractivity (Wildman–Crippen MR) is 113 cm³/mol. The number of fused-ring (bicyclic) bond motifs is 1. The van der Waals surface area contributed by atoms with Crippen molar-refractivity contribution in [3.63, 3.8) is 0 Å². The van der Waals surface area contributed by atoms with Crippen molar-refractivity contribution in [2.24, 2.45) is 0 Å². The van der Waals surface area contributed by atoms with Crippen molar-refractivity contribution in [1.29, 1.82) is 0 Å². The number of nitrogen functional groups attached to an aromatic ring is 1. The van der Waals surface area contributed by atoms with Crippen molar-refractivity contribution in [3.8, 4) is 5.75 Å². The number of hydrogen-bond donors (Lipinski definition) is 2. The molecule has 0 fully saturated rings. The van der Waals surface area contributed by atoms with Crippen LogP contribution in [0, 0.1) is 10.1 Å². The van der Waals surface area contributed by atoms with E-state index in [1.807, 2.05) is 6.07 Å². The van der Waals surface area contributed by atoms with Crippen LogP contribution in [0.1, 0.15) is 11.7 Å². The standard InChI is InChI=1S/C21H17N5O5/c22-17-11-10-16-20(24-17)25(21(28)19(31-16)13-4-2-1-3-5-13)12-18(27)23-14-6-8-15(9-7-14)26(29)30/h1-11,19H,12H2,(H2,22,24)(H,23,27). The summed E-state index contributed by atoms with van der Waals surface area (Å²) in [7, 11) is 0. The Hall–Kier alpha value is -4.47. The van der Waals surface area contributed by atoms with Crippen LogP contribution in [0.3, 0.4) is 0 Å². The summed E-state index contributed by atoms with van der Waals surface area (Å²) >= 11 is 0. The lowest BCUT2D eigenvalue weighted by atomic mass is 10.1. The van der Waals surface area contributed by atoms with E-state index in [4.69, 9.17) is 10.5 Å². The summed E-state index contributed by atoms with van der Waals surface area (Å²) in [5.74, 6) is -0.322. The summed E-state index contributed by atoms with van der Waals surface area (Å²) < 4.78 is 5.85. The number of nitrogens with zero attached hydrogens (tertiary/aromatic N) is 3. The summed E-state index contributed by atoms with van der Waals surface area (Å²) in [5, 5.41) is 13.4. The number of nitrogens with two attached hydrogens (primary N) is 1. The summed E-state index contributed by atoms with van der Waals surface area (Å²) in [5.41, 5.74) is 6.66. The fourth-order valence-electron chi connectivity index (χ4n) is 3.16. The number of carbonyl (C=O) groups excluding carboxylic acids is 2. The van der Waals surface area contributed by atoms with Gasteiger partial charge < -0.3 is 15.8 Å². The van der Waals surface area contributed by atoms with E-state index in [0.717, 1.165) is 0 Å². The molecule has 3 aromatic rings. The van der Waals surface area contributed by atoms with Gasteiger partial charge in [-0.15, -0.1) is 0 Å². The number of pyridine rings is 1. The lowest BCUT2D eigenvalue weighted by molar-refractivity contribution is -0.384. The highest BCUT2D eigenvalue weighted by Crippen LogP contribution is 2.38. The normalized spacial score (nSPS) is 15.0. The van der Waals surface area contributed by atoms with E-state index in [2.05, 4.69) is 10.3 Å². The van der Waals surface area contributed by atoms with Crippen molar-refractivity contribution in [2.45, 2.75) is 6.10 Å². The first kappa shape index (κ1) is 19.8. The van der Waals surface area contributed by atoms with Crippen LogP contribution in [0.25, 0.3) is 0 Å². The van der Waals surface area contributed by atoms with Crippen LogP contribution in [-0.2, 0) is 9.59 Å². The Morgan fingerprint density at radius 3 is 2.52 bits per heavy atom. The predicted octanol–water partition coefficient (Wildman–Crippen LogP) is 2.68. The molecule has 4 rings (SSSR count). The van der Waals surface area contributed by atoms with Crippen molar-refractivity contribution in [3.05, 3.63) is 82.4 Å². The molecular weight excluding hydrogens is 402 g/mol. The average Bonchev–Trinajstić information content (AvgIpc) is 2.76. The Labute approximate surface area is 176 Å². The fraction of sp³-hybridized carbons (Fsp3) is 0.0952. The maximum atomic E-state index is 13.2. The molecule has 0 saturated heterocycles. The van der Waals surface area contributed by atoms with Crippen LogP contribution < -0.4 is 20.7 Å². The lowest BCUT2D eigenvalue weighted by Crippen LogP contribution is -2.45. The first-order valence-corrected chi connectivity index (χ1v) is 9.26. The zero-order chi connectivity index (χ0) is 22.0. The Kier molecular flexibility index (Phi) is 5.19. The van der Waals surface area contributed by atoms with E-state index >= 15 is 0 Å². The van der Waals surface area contributed by atoms with Crippen LogP contribution in [0.5, 0.6) is 5.75 Å². The number of aromatic nitrogens is 1. The number of nitro groups is 1. The molecule has 1 atom stereocenters. The number of benzene rings is 2. The smallest absolute Gasteiger partial charge is 0.274 e. The van der Waals surface area contributed by atoms with Gasteiger partial charge in [-0.25, -0.2) is 4.98 Å². The highest BCUT2D eigenvalue weighted by molar-refractivity contribution is 6.06. The van der Waals surface area contributed by atoms with Gasteiger partial charge in [0.05, 0.1) is 4.92 Å². The fourth-order valence-corrected chi connectivity index (χ4v) is 3.16. The minimum absolute atomic E-state index is 0.0966. The summed E-state index contributed by atoms with van der Waals surface area (Å²) in [6, 6.07) is 17.4. The molecule has 0 radical (unpaired) electrons. The van der Waals surface area contributed by atoms with Gasteiger partial charge in [-0.2, -0.15) is 0 Å². The molecule has 10 nitrogen and oxygen atoms in total. The number of nitro benzene ring substituents is 1. The lowest BCUT2D eigenvalue weighted by Gasteiger charge is -2.33. The minimum Gasteiger partial charge on any atom is -0.472 e. The van der Waals surface area contributed by atoms with Gasteiger partial charge in [-0.1, -0.05) is 30.3 Å². The molecule has 3 N–H and O–H groups in total. The Balaban J connectivity index is 1.59. The van der Waals surface area contributed by atoms with Crippen LogP contribution >= 0.6 is 0 Å². The maximum absolute atomic E-state index is 13.2. The number of nitrogens with one attached hydrogen (secondary N) is 1. The maximum Gasteiger partial charge on any atom is 0.274 e. The molecule has 2 heterocycles. The second kappa shape index (κ2) is 8.11. The molecule has 10 heteroatoms. The van der Waals surface area contributed by atoms with Gasteiger partial charge in [0.25, 0.3) is 11.6 Å². The first-order chi connectivity index (χ1) is 14.9. The number of non-ortho nitro benzene ring substituents is 1. The third kappa shape index (κ3) is 4.13. The molecule has 0 bridgehead atoms. The highest BCUT2D eigenvalue weighted by atomic mass is 16.6. The van der Waals surface area contributed by atoms with Crippen LogP contribution in [0.4, 0.5) is 23.0 Å². The molecular formula is C21H17N5O5.